The Morgan fingerprint density at radius 2 is 1.49 bits per heavy atom. The number of aromatic nitrogens is 3. The van der Waals surface area contributed by atoms with Crippen LogP contribution in [0.3, 0.4) is 0 Å². The van der Waals surface area contributed by atoms with E-state index in [1.165, 1.54) is 4.90 Å². The number of nitrogens with zero attached hydrogens (tertiary/aromatic N) is 4. The predicted molar refractivity (Wildman–Crippen MR) is 161 cm³/mol. The lowest BCUT2D eigenvalue weighted by atomic mass is 9.96. The molecule has 9 heteroatoms. The zero-order valence-corrected chi connectivity index (χ0v) is 24.2. The van der Waals surface area contributed by atoms with Crippen LogP contribution in [0.4, 0.5) is 0 Å². The molecule has 0 bridgehead atoms. The number of piperidine rings is 1. The van der Waals surface area contributed by atoms with Crippen LogP contribution >= 0.6 is 23.2 Å². The molecule has 0 aliphatic carbocycles. The van der Waals surface area contributed by atoms with Gasteiger partial charge in [0.15, 0.2) is 0 Å². The quantitative estimate of drug-likeness (QED) is 0.167. The molecular weight excluding hydrogens is 557 g/mol. The number of imide groups is 1. The smallest absolute Gasteiger partial charge is 0.261 e. The molecule has 7 nitrogen and oxygen atoms in total. The van der Waals surface area contributed by atoms with Gasteiger partial charge in [-0.2, -0.15) is 0 Å². The second-order valence-electron chi connectivity index (χ2n) is 10.7. The van der Waals surface area contributed by atoms with Crippen LogP contribution in [0, 0.1) is 0 Å². The number of nitrogens with one attached hydrogen (secondary N) is 1. The molecule has 210 valence electrons. The number of hydrogen-bond donors (Lipinski definition) is 1. The van der Waals surface area contributed by atoms with Crippen molar-refractivity contribution in [2.45, 2.75) is 38.0 Å². The maximum atomic E-state index is 12.6. The van der Waals surface area contributed by atoms with Crippen molar-refractivity contribution >= 4 is 35.0 Å². The standard InChI is InChI=1S/C32H31Cl2N5O2/c33-26-9-8-23(20-27(26)34)29-28(21-10-14-35-15-11-21)36-30(37-29)22-12-18-38(19-13-22)16-4-1-5-17-39-31(40)24-6-2-3-7-25(24)32(39)41/h2-3,6-11,14-15,20,22H,1,4-5,12-13,16-19H2,(H,36,37). The van der Waals surface area contributed by atoms with Gasteiger partial charge in [-0.3, -0.25) is 19.5 Å². The first kappa shape index (κ1) is 27.6. The van der Waals surface area contributed by atoms with Gasteiger partial charge in [0.2, 0.25) is 0 Å². The number of fused-ring (bicyclic) bond motifs is 1. The molecule has 2 aliphatic rings. The number of likely N-dealkylation sites (tertiary alicyclic amines) is 1. The van der Waals surface area contributed by atoms with E-state index in [1.54, 1.807) is 36.7 Å². The van der Waals surface area contributed by atoms with Crippen LogP contribution in [0.2, 0.25) is 10.0 Å². The number of unbranched alkanes of at least 4 members (excludes halogenated alkanes) is 2. The van der Waals surface area contributed by atoms with Crippen molar-refractivity contribution in [3.63, 3.8) is 0 Å². The number of pyridine rings is 1. The fourth-order valence-electron chi connectivity index (χ4n) is 5.82. The topological polar surface area (TPSA) is 82.2 Å². The van der Waals surface area contributed by atoms with Gasteiger partial charge in [0.1, 0.15) is 5.82 Å². The van der Waals surface area contributed by atoms with Gasteiger partial charge >= 0.3 is 0 Å². The summed E-state index contributed by atoms with van der Waals surface area (Å²) in [6.07, 6.45) is 8.46. The highest BCUT2D eigenvalue weighted by atomic mass is 35.5. The van der Waals surface area contributed by atoms with E-state index in [0.717, 1.165) is 80.1 Å². The lowest BCUT2D eigenvalue weighted by Crippen LogP contribution is -2.34. The zero-order chi connectivity index (χ0) is 28.3. The fourth-order valence-corrected chi connectivity index (χ4v) is 6.12. The average Bonchev–Trinajstić information content (AvgIpc) is 3.55. The summed E-state index contributed by atoms with van der Waals surface area (Å²) in [5, 5.41) is 1.04. The second-order valence-corrected chi connectivity index (χ2v) is 11.5. The van der Waals surface area contributed by atoms with Crippen molar-refractivity contribution in [3.05, 3.63) is 94.0 Å². The van der Waals surface area contributed by atoms with Gasteiger partial charge in [-0.25, -0.2) is 4.98 Å². The monoisotopic (exact) mass is 587 g/mol. The molecule has 2 aliphatic heterocycles. The predicted octanol–water partition coefficient (Wildman–Crippen LogP) is 7.09. The maximum Gasteiger partial charge on any atom is 0.261 e. The van der Waals surface area contributed by atoms with Crippen molar-refractivity contribution in [2.24, 2.45) is 0 Å². The number of rotatable bonds is 9. The number of carbonyl (C=O) groups excluding carboxylic acids is 2. The Kier molecular flexibility index (Phi) is 8.19. The Balaban J connectivity index is 1.02. The summed E-state index contributed by atoms with van der Waals surface area (Å²) in [5.41, 5.74) is 4.82. The first-order valence-corrected chi connectivity index (χ1v) is 14.9. The van der Waals surface area contributed by atoms with Crippen LogP contribution in [0.15, 0.2) is 67.0 Å². The zero-order valence-electron chi connectivity index (χ0n) is 22.7. The number of amides is 2. The number of benzene rings is 2. The van der Waals surface area contributed by atoms with E-state index in [-0.39, 0.29) is 11.8 Å². The third kappa shape index (κ3) is 5.80. The van der Waals surface area contributed by atoms with E-state index in [2.05, 4.69) is 14.9 Å². The lowest BCUT2D eigenvalue weighted by Gasteiger charge is -2.31. The molecule has 0 spiro atoms. The number of halogens is 2. The summed E-state index contributed by atoms with van der Waals surface area (Å²) in [4.78, 5) is 41.9. The molecule has 2 amide bonds. The Bertz CT molecular complexity index is 1530. The summed E-state index contributed by atoms with van der Waals surface area (Å²) in [6.45, 7) is 3.52. The fraction of sp³-hybridized carbons (Fsp3) is 0.312. The molecule has 1 saturated heterocycles. The van der Waals surface area contributed by atoms with Gasteiger partial charge in [0.25, 0.3) is 11.8 Å². The van der Waals surface area contributed by atoms with Gasteiger partial charge in [-0.05, 0) is 81.7 Å². The van der Waals surface area contributed by atoms with Crippen molar-refractivity contribution in [1.82, 2.24) is 24.8 Å². The average molecular weight is 589 g/mol. The van der Waals surface area contributed by atoms with Crippen LogP contribution in [-0.4, -0.2) is 62.7 Å². The molecule has 41 heavy (non-hydrogen) atoms. The minimum Gasteiger partial charge on any atom is -0.341 e. The van der Waals surface area contributed by atoms with Gasteiger partial charge in [-0.15, -0.1) is 0 Å². The third-order valence-electron chi connectivity index (χ3n) is 8.09. The number of carbonyl (C=O) groups is 2. The van der Waals surface area contributed by atoms with Gasteiger partial charge in [0, 0.05) is 36.0 Å². The van der Waals surface area contributed by atoms with Gasteiger partial charge in [0.05, 0.1) is 32.6 Å². The molecule has 2 aromatic heterocycles. The summed E-state index contributed by atoms with van der Waals surface area (Å²) in [5.74, 6) is 1.01. The lowest BCUT2D eigenvalue weighted by molar-refractivity contribution is 0.0651. The normalized spacial score (nSPS) is 16.0. The van der Waals surface area contributed by atoms with E-state index in [9.17, 15) is 9.59 Å². The molecule has 6 rings (SSSR count). The highest BCUT2D eigenvalue weighted by Crippen LogP contribution is 2.36. The third-order valence-corrected chi connectivity index (χ3v) is 8.83. The Morgan fingerprint density at radius 3 is 2.17 bits per heavy atom. The minimum absolute atomic E-state index is 0.167. The largest absolute Gasteiger partial charge is 0.341 e. The van der Waals surface area contributed by atoms with Crippen molar-refractivity contribution < 1.29 is 9.59 Å². The SMILES string of the molecule is O=C1c2ccccc2C(=O)N1CCCCCN1CCC(c2nc(-c3ccncc3)c(-c3ccc(Cl)c(Cl)c3)[nH]2)CC1. The van der Waals surface area contributed by atoms with E-state index >= 15 is 0 Å². The van der Waals surface area contributed by atoms with E-state index in [1.807, 2.05) is 30.3 Å². The molecule has 0 saturated carbocycles. The molecule has 0 radical (unpaired) electrons. The minimum atomic E-state index is -0.167. The van der Waals surface area contributed by atoms with Gasteiger partial charge in [-0.1, -0.05) is 47.8 Å². The number of hydrogen-bond acceptors (Lipinski definition) is 5. The molecular formula is C32H31Cl2N5O2. The van der Waals surface area contributed by atoms with Crippen LogP contribution in [-0.2, 0) is 0 Å². The molecule has 4 heterocycles. The Labute approximate surface area is 249 Å². The van der Waals surface area contributed by atoms with Gasteiger partial charge < -0.3 is 9.88 Å². The number of aromatic amines is 1. The van der Waals surface area contributed by atoms with E-state index in [4.69, 9.17) is 28.2 Å². The summed E-state index contributed by atoms with van der Waals surface area (Å²) >= 11 is 12.5. The maximum absolute atomic E-state index is 12.6. The first-order chi connectivity index (χ1) is 20.0. The van der Waals surface area contributed by atoms with Crippen LogP contribution in [0.1, 0.15) is 64.6 Å². The molecule has 2 aromatic carbocycles. The van der Waals surface area contributed by atoms with E-state index < -0.39 is 0 Å². The molecule has 0 unspecified atom stereocenters. The first-order valence-electron chi connectivity index (χ1n) is 14.1. The summed E-state index contributed by atoms with van der Waals surface area (Å²) in [7, 11) is 0. The number of H-pyrrole nitrogens is 1. The molecule has 4 aromatic rings. The highest BCUT2D eigenvalue weighted by Gasteiger charge is 2.34. The van der Waals surface area contributed by atoms with Crippen LogP contribution in [0.5, 0.6) is 0 Å². The highest BCUT2D eigenvalue weighted by molar-refractivity contribution is 6.42. The van der Waals surface area contributed by atoms with Crippen molar-refractivity contribution in [3.8, 4) is 22.5 Å². The van der Waals surface area contributed by atoms with Crippen molar-refractivity contribution in [1.29, 1.82) is 0 Å². The second kappa shape index (κ2) is 12.1. The van der Waals surface area contributed by atoms with E-state index in [0.29, 0.717) is 33.6 Å². The number of imidazole rings is 1. The summed E-state index contributed by atoms with van der Waals surface area (Å²) in [6, 6.07) is 16.7. The Morgan fingerprint density at radius 1 is 0.805 bits per heavy atom. The van der Waals surface area contributed by atoms with Crippen LogP contribution in [0.25, 0.3) is 22.5 Å². The van der Waals surface area contributed by atoms with Crippen molar-refractivity contribution in [2.75, 3.05) is 26.2 Å². The molecule has 1 N–H and O–H groups in total. The Hall–Kier alpha value is -3.52. The molecule has 1 fully saturated rings. The summed E-state index contributed by atoms with van der Waals surface area (Å²) < 4.78 is 0. The molecule has 0 atom stereocenters. The van der Waals surface area contributed by atoms with Crippen LogP contribution < -0.4 is 0 Å².